The molecule has 116 valence electrons. The zero-order valence-electron chi connectivity index (χ0n) is 11.6. The highest BCUT2D eigenvalue weighted by Crippen LogP contribution is 2.35. The fourth-order valence-electron chi connectivity index (χ4n) is 1.92. The van der Waals surface area contributed by atoms with Crippen LogP contribution in [0.25, 0.3) is 6.08 Å². The third-order valence-electron chi connectivity index (χ3n) is 3.02. The molecule has 1 fully saturated rings. The molecule has 3 N–H and O–H groups in total. The average molecular weight is 339 g/mol. The van der Waals surface area contributed by atoms with Crippen molar-refractivity contribution in [3.63, 3.8) is 0 Å². The van der Waals surface area contributed by atoms with Crippen LogP contribution in [0, 0.1) is 6.92 Å². The highest BCUT2D eigenvalue weighted by Gasteiger charge is 2.32. The number of aromatic hydroxyl groups is 2. The first-order chi connectivity index (χ1) is 10.3. The molecular weight excluding hydrogens is 326 g/mol. The van der Waals surface area contributed by atoms with Gasteiger partial charge in [0.2, 0.25) is 0 Å². The maximum atomic E-state index is 12.2. The molecule has 1 aliphatic heterocycles. The van der Waals surface area contributed by atoms with E-state index in [0.717, 1.165) is 11.8 Å². The Morgan fingerprint density at radius 3 is 2.68 bits per heavy atom. The number of carboxylic acids is 1. The fourth-order valence-corrected chi connectivity index (χ4v) is 3.23. The Morgan fingerprint density at radius 2 is 2.09 bits per heavy atom. The first kappa shape index (κ1) is 16.3. The molecule has 0 saturated carbocycles. The van der Waals surface area contributed by atoms with Crippen LogP contribution in [0.4, 0.5) is 0 Å². The van der Waals surface area contributed by atoms with Crippen molar-refractivity contribution in [3.05, 3.63) is 28.2 Å². The number of phenolic OH excluding ortho intramolecular Hbond substituents is 2. The van der Waals surface area contributed by atoms with Crippen LogP contribution in [-0.2, 0) is 9.59 Å². The molecule has 0 unspecified atom stereocenters. The molecule has 0 aliphatic carbocycles. The van der Waals surface area contributed by atoms with Gasteiger partial charge in [0, 0.05) is 6.54 Å². The van der Waals surface area contributed by atoms with Crippen LogP contribution >= 0.6 is 24.0 Å². The number of thiocarbonyl (C=S) groups is 1. The maximum Gasteiger partial charge on any atom is 0.305 e. The van der Waals surface area contributed by atoms with Gasteiger partial charge in [-0.25, -0.2) is 0 Å². The van der Waals surface area contributed by atoms with Gasteiger partial charge in [0.25, 0.3) is 5.91 Å². The van der Waals surface area contributed by atoms with Crippen LogP contribution in [0.5, 0.6) is 11.5 Å². The van der Waals surface area contributed by atoms with E-state index in [-0.39, 0.29) is 30.4 Å². The van der Waals surface area contributed by atoms with Crippen LogP contribution in [0.1, 0.15) is 17.5 Å². The van der Waals surface area contributed by atoms with Gasteiger partial charge in [0.1, 0.15) is 4.32 Å². The molecule has 0 bridgehead atoms. The van der Waals surface area contributed by atoms with Gasteiger partial charge in [-0.1, -0.05) is 24.0 Å². The number of rotatable bonds is 4. The Hall–Kier alpha value is -2.06. The molecule has 1 amide bonds. The molecule has 0 spiro atoms. The van der Waals surface area contributed by atoms with Crippen molar-refractivity contribution in [2.24, 2.45) is 0 Å². The first-order valence-electron chi connectivity index (χ1n) is 6.29. The molecule has 1 saturated heterocycles. The normalized spacial score (nSPS) is 16.6. The number of aliphatic carboxylic acids is 1. The molecule has 8 heteroatoms. The number of aryl methyl sites for hydroxylation is 1. The zero-order chi connectivity index (χ0) is 16.4. The van der Waals surface area contributed by atoms with Crippen LogP contribution in [0.3, 0.4) is 0 Å². The third-order valence-corrected chi connectivity index (χ3v) is 4.40. The minimum atomic E-state index is -1.00. The van der Waals surface area contributed by atoms with Crippen molar-refractivity contribution in [1.29, 1.82) is 0 Å². The lowest BCUT2D eigenvalue weighted by Crippen LogP contribution is -2.30. The second kappa shape index (κ2) is 6.37. The molecule has 1 aromatic carbocycles. The van der Waals surface area contributed by atoms with E-state index in [2.05, 4.69) is 0 Å². The van der Waals surface area contributed by atoms with Gasteiger partial charge in [-0.15, -0.1) is 0 Å². The SMILES string of the molecule is Cc1cc(/C=C2\SC(=S)N(CCC(=O)O)C2=O)cc(O)c1O. The van der Waals surface area contributed by atoms with Crippen LogP contribution < -0.4 is 0 Å². The highest BCUT2D eigenvalue weighted by molar-refractivity contribution is 8.26. The Morgan fingerprint density at radius 1 is 1.41 bits per heavy atom. The summed E-state index contributed by atoms with van der Waals surface area (Å²) < 4.78 is 0.303. The van der Waals surface area contributed by atoms with Gasteiger partial charge in [-0.3, -0.25) is 14.5 Å². The van der Waals surface area contributed by atoms with E-state index in [1.807, 2.05) is 0 Å². The number of phenols is 2. The number of amides is 1. The van der Waals surface area contributed by atoms with Crippen LogP contribution in [0.15, 0.2) is 17.0 Å². The minimum absolute atomic E-state index is 0.0250. The maximum absolute atomic E-state index is 12.2. The quantitative estimate of drug-likeness (QED) is 0.439. The number of carboxylic acid groups (broad SMARTS) is 1. The van der Waals surface area contributed by atoms with Crippen LogP contribution in [0.2, 0.25) is 0 Å². The molecule has 0 aromatic heterocycles. The highest BCUT2D eigenvalue weighted by atomic mass is 32.2. The third kappa shape index (κ3) is 3.40. The topological polar surface area (TPSA) is 98.1 Å². The molecular formula is C14H13NO5S2. The summed E-state index contributed by atoms with van der Waals surface area (Å²) in [6.45, 7) is 1.65. The van der Waals surface area contributed by atoms with E-state index in [0.29, 0.717) is 20.4 Å². The van der Waals surface area contributed by atoms with E-state index < -0.39 is 5.97 Å². The monoisotopic (exact) mass is 339 g/mol. The zero-order valence-corrected chi connectivity index (χ0v) is 13.2. The number of hydrogen-bond donors (Lipinski definition) is 3. The molecule has 6 nitrogen and oxygen atoms in total. The molecule has 1 aromatic rings. The van der Waals surface area contributed by atoms with E-state index in [1.54, 1.807) is 19.1 Å². The minimum Gasteiger partial charge on any atom is -0.504 e. The van der Waals surface area contributed by atoms with E-state index in [1.165, 1.54) is 11.0 Å². The van der Waals surface area contributed by atoms with Crippen molar-refractivity contribution < 1.29 is 24.9 Å². The Bertz CT molecular complexity index is 675. The van der Waals surface area contributed by atoms with Gasteiger partial charge in [0.05, 0.1) is 11.3 Å². The smallest absolute Gasteiger partial charge is 0.305 e. The standard InChI is InChI=1S/C14H13NO5S2/c1-7-4-8(5-9(16)12(7)19)6-10-13(20)15(14(21)22-10)3-2-11(17)18/h4-6,16,19H,2-3H2,1H3,(H,17,18)/b10-6-. The van der Waals surface area contributed by atoms with Crippen LogP contribution in [-0.4, -0.2) is 43.0 Å². The van der Waals surface area contributed by atoms with Gasteiger partial charge >= 0.3 is 5.97 Å². The Balaban J connectivity index is 2.25. The Kier molecular flexibility index (Phi) is 4.72. The van der Waals surface area contributed by atoms with E-state index >= 15 is 0 Å². The number of hydrogen-bond acceptors (Lipinski definition) is 6. The summed E-state index contributed by atoms with van der Waals surface area (Å²) in [6.07, 6.45) is 1.37. The van der Waals surface area contributed by atoms with Gasteiger partial charge in [0.15, 0.2) is 11.5 Å². The second-order valence-corrected chi connectivity index (χ2v) is 6.36. The number of benzene rings is 1. The lowest BCUT2D eigenvalue weighted by Gasteiger charge is -2.12. The fraction of sp³-hybridized carbons (Fsp3) is 0.214. The first-order valence-corrected chi connectivity index (χ1v) is 7.52. The molecule has 0 radical (unpaired) electrons. The number of carbonyl (C=O) groups is 2. The summed E-state index contributed by atoms with van der Waals surface area (Å²) in [5, 5.41) is 27.8. The summed E-state index contributed by atoms with van der Waals surface area (Å²) in [5.74, 6) is -1.84. The number of carbonyl (C=O) groups excluding carboxylic acids is 1. The van der Waals surface area contributed by atoms with Crippen molar-refractivity contribution >= 4 is 46.3 Å². The number of thioether (sulfide) groups is 1. The van der Waals surface area contributed by atoms with Crippen molar-refractivity contribution in [2.75, 3.05) is 6.54 Å². The van der Waals surface area contributed by atoms with Crippen molar-refractivity contribution in [3.8, 4) is 11.5 Å². The summed E-state index contributed by atoms with van der Waals surface area (Å²) in [4.78, 5) is 24.4. The molecule has 22 heavy (non-hydrogen) atoms. The summed E-state index contributed by atoms with van der Waals surface area (Å²) in [5.41, 5.74) is 1.03. The van der Waals surface area contributed by atoms with Crippen molar-refractivity contribution in [1.82, 2.24) is 4.90 Å². The largest absolute Gasteiger partial charge is 0.504 e. The molecule has 1 heterocycles. The lowest BCUT2D eigenvalue weighted by molar-refractivity contribution is -0.137. The predicted octanol–water partition coefficient (Wildman–Crippen LogP) is 2.08. The Labute approximate surface area is 136 Å². The summed E-state index contributed by atoms with van der Waals surface area (Å²) in [6, 6.07) is 2.96. The second-order valence-electron chi connectivity index (χ2n) is 4.68. The number of nitrogens with zero attached hydrogens (tertiary/aromatic N) is 1. The summed E-state index contributed by atoms with van der Waals surface area (Å²) in [7, 11) is 0. The lowest BCUT2D eigenvalue weighted by atomic mass is 10.1. The van der Waals surface area contributed by atoms with Gasteiger partial charge in [-0.2, -0.15) is 0 Å². The molecule has 1 aliphatic rings. The van der Waals surface area contributed by atoms with Crippen molar-refractivity contribution in [2.45, 2.75) is 13.3 Å². The van der Waals surface area contributed by atoms with Gasteiger partial charge in [-0.05, 0) is 36.3 Å². The summed E-state index contributed by atoms with van der Waals surface area (Å²) >= 11 is 6.16. The average Bonchev–Trinajstić information content (AvgIpc) is 2.68. The predicted molar refractivity (Wildman–Crippen MR) is 86.6 cm³/mol. The van der Waals surface area contributed by atoms with E-state index in [9.17, 15) is 19.8 Å². The van der Waals surface area contributed by atoms with Gasteiger partial charge < -0.3 is 15.3 Å². The molecule has 0 atom stereocenters. The molecule has 2 rings (SSSR count). The van der Waals surface area contributed by atoms with E-state index in [4.69, 9.17) is 17.3 Å².